The van der Waals surface area contributed by atoms with Crippen LogP contribution in [0.2, 0.25) is 0 Å². The molecule has 0 saturated heterocycles. The van der Waals surface area contributed by atoms with E-state index in [0.717, 1.165) is 41.5 Å². The zero-order chi connectivity index (χ0) is 18.6. The van der Waals surface area contributed by atoms with E-state index in [-0.39, 0.29) is 5.91 Å². The average Bonchev–Trinajstić information content (AvgIpc) is 2.73. The van der Waals surface area contributed by atoms with E-state index < -0.39 is 0 Å². The second-order valence-electron chi connectivity index (χ2n) is 7.02. The van der Waals surface area contributed by atoms with Gasteiger partial charge in [-0.1, -0.05) is 48.0 Å². The largest absolute Gasteiger partial charge is 0.348 e. The van der Waals surface area contributed by atoms with Crippen LogP contribution in [0.3, 0.4) is 0 Å². The molecule has 0 saturated carbocycles. The van der Waals surface area contributed by atoms with Gasteiger partial charge in [0.25, 0.3) is 5.91 Å². The van der Waals surface area contributed by atoms with Gasteiger partial charge in [-0.05, 0) is 37.2 Å². The third-order valence-electron chi connectivity index (χ3n) is 5.07. The summed E-state index contributed by atoms with van der Waals surface area (Å²) in [5.74, 6) is -0.0302. The van der Waals surface area contributed by atoms with Gasteiger partial charge in [0.1, 0.15) is 0 Å². The Morgan fingerprint density at radius 1 is 1.11 bits per heavy atom. The smallest absolute Gasteiger partial charge is 0.251 e. The fraction of sp³-hybridized carbons (Fsp3) is 0.217. The highest BCUT2D eigenvalue weighted by Crippen LogP contribution is 2.27. The molecule has 3 aromatic rings. The first-order chi connectivity index (χ1) is 13.2. The van der Waals surface area contributed by atoms with Crippen LogP contribution in [0.4, 0.5) is 0 Å². The molecule has 4 nitrogen and oxygen atoms in total. The van der Waals surface area contributed by atoms with Crippen molar-refractivity contribution < 1.29 is 4.79 Å². The molecule has 0 unspecified atom stereocenters. The molecule has 1 aliphatic rings. The van der Waals surface area contributed by atoms with Crippen LogP contribution in [0.1, 0.15) is 16.8 Å². The highest BCUT2D eigenvalue weighted by Gasteiger charge is 2.11. The Balaban J connectivity index is 1.48. The van der Waals surface area contributed by atoms with E-state index >= 15 is 0 Å². The topological polar surface area (TPSA) is 45.2 Å². The van der Waals surface area contributed by atoms with Crippen LogP contribution in [-0.4, -0.2) is 42.5 Å². The lowest BCUT2D eigenvalue weighted by atomic mass is 10.0. The number of likely N-dealkylation sites (N-methyl/N-ethyl adjacent to an activating group) is 1. The van der Waals surface area contributed by atoms with Crippen molar-refractivity contribution in [3.8, 4) is 11.1 Å². The average molecular weight is 357 g/mol. The summed E-state index contributed by atoms with van der Waals surface area (Å²) >= 11 is 0. The molecular weight excluding hydrogens is 334 g/mol. The van der Waals surface area contributed by atoms with E-state index in [9.17, 15) is 4.79 Å². The van der Waals surface area contributed by atoms with Gasteiger partial charge in [0.05, 0.1) is 5.52 Å². The quantitative estimate of drug-likeness (QED) is 0.721. The Labute approximate surface area is 159 Å². The van der Waals surface area contributed by atoms with Crippen LogP contribution in [0.15, 0.2) is 72.4 Å². The van der Waals surface area contributed by atoms with Crippen LogP contribution in [0.5, 0.6) is 0 Å². The molecule has 27 heavy (non-hydrogen) atoms. The molecule has 1 amide bonds. The minimum atomic E-state index is -0.0302. The Hall–Kier alpha value is -2.98. The monoisotopic (exact) mass is 357 g/mol. The number of para-hydroxylation sites is 1. The van der Waals surface area contributed by atoms with Gasteiger partial charge in [-0.3, -0.25) is 9.78 Å². The van der Waals surface area contributed by atoms with E-state index in [1.165, 1.54) is 5.57 Å². The third kappa shape index (κ3) is 3.91. The number of nitrogens with one attached hydrogen (secondary N) is 1. The van der Waals surface area contributed by atoms with Gasteiger partial charge in [-0.15, -0.1) is 0 Å². The summed E-state index contributed by atoms with van der Waals surface area (Å²) in [7, 11) is 2.11. The van der Waals surface area contributed by atoms with Crippen LogP contribution in [0.25, 0.3) is 22.0 Å². The number of hydrogen-bond donors (Lipinski definition) is 1. The maximum absolute atomic E-state index is 12.5. The number of carbonyl (C=O) groups is 1. The summed E-state index contributed by atoms with van der Waals surface area (Å²) in [5.41, 5.74) is 5.11. The Morgan fingerprint density at radius 3 is 2.70 bits per heavy atom. The highest BCUT2D eigenvalue weighted by atomic mass is 16.1. The highest BCUT2D eigenvalue weighted by molar-refractivity contribution is 5.96. The lowest BCUT2D eigenvalue weighted by molar-refractivity contribution is 0.0956. The summed E-state index contributed by atoms with van der Waals surface area (Å²) in [5, 5.41) is 4.15. The van der Waals surface area contributed by atoms with Crippen LogP contribution >= 0.6 is 0 Å². The lowest BCUT2D eigenvalue weighted by Crippen LogP contribution is -2.30. The van der Waals surface area contributed by atoms with Gasteiger partial charge in [0.15, 0.2) is 0 Å². The number of nitrogens with zero attached hydrogens (tertiary/aromatic N) is 2. The molecule has 4 rings (SSSR count). The van der Waals surface area contributed by atoms with Crippen LogP contribution in [0, 0.1) is 0 Å². The molecule has 1 aromatic heterocycles. The standard InChI is InChI=1S/C23H23N3O/c1-26-14-11-17(12-15-26)16-25-23(27)20-9-7-18(8-10-20)21-6-2-4-19-5-3-13-24-22(19)21/h2-11,13H,12,14-16H2,1H3,(H,25,27). The molecule has 2 aromatic carbocycles. The molecule has 1 aliphatic heterocycles. The fourth-order valence-corrected chi connectivity index (χ4v) is 3.41. The lowest BCUT2D eigenvalue weighted by Gasteiger charge is -2.22. The minimum absolute atomic E-state index is 0.0302. The number of hydrogen-bond acceptors (Lipinski definition) is 3. The molecule has 4 heteroatoms. The van der Waals surface area contributed by atoms with Gasteiger partial charge >= 0.3 is 0 Å². The molecule has 0 aliphatic carbocycles. The minimum Gasteiger partial charge on any atom is -0.348 e. The predicted octanol–water partition coefficient (Wildman–Crippen LogP) is 3.89. The van der Waals surface area contributed by atoms with Gasteiger partial charge in [-0.2, -0.15) is 0 Å². The molecule has 0 fully saturated rings. The van der Waals surface area contributed by atoms with Crippen molar-refractivity contribution in [3.63, 3.8) is 0 Å². The number of carbonyl (C=O) groups excluding carboxylic acids is 1. The van der Waals surface area contributed by atoms with E-state index in [2.05, 4.69) is 46.5 Å². The van der Waals surface area contributed by atoms with E-state index in [0.29, 0.717) is 12.1 Å². The van der Waals surface area contributed by atoms with Gasteiger partial charge in [0, 0.05) is 42.3 Å². The van der Waals surface area contributed by atoms with Crippen LogP contribution in [-0.2, 0) is 0 Å². The first-order valence-electron chi connectivity index (χ1n) is 9.29. The molecule has 2 heterocycles. The van der Waals surface area contributed by atoms with Gasteiger partial charge in [0.2, 0.25) is 0 Å². The molecule has 0 spiro atoms. The third-order valence-corrected chi connectivity index (χ3v) is 5.07. The van der Waals surface area contributed by atoms with Crippen molar-refractivity contribution in [3.05, 3.63) is 78.0 Å². The number of aromatic nitrogens is 1. The predicted molar refractivity (Wildman–Crippen MR) is 110 cm³/mol. The van der Waals surface area contributed by atoms with Crippen molar-refractivity contribution in [1.82, 2.24) is 15.2 Å². The fourth-order valence-electron chi connectivity index (χ4n) is 3.41. The molecule has 0 atom stereocenters. The number of pyridine rings is 1. The number of amides is 1. The maximum Gasteiger partial charge on any atom is 0.251 e. The second-order valence-corrected chi connectivity index (χ2v) is 7.02. The first-order valence-corrected chi connectivity index (χ1v) is 9.29. The summed E-state index contributed by atoms with van der Waals surface area (Å²) in [6.45, 7) is 2.64. The Morgan fingerprint density at radius 2 is 1.93 bits per heavy atom. The number of fused-ring (bicyclic) bond motifs is 1. The Bertz CT molecular complexity index is 987. The van der Waals surface area contributed by atoms with Gasteiger partial charge < -0.3 is 10.2 Å². The van der Waals surface area contributed by atoms with Crippen molar-refractivity contribution in [1.29, 1.82) is 0 Å². The van der Waals surface area contributed by atoms with Crippen molar-refractivity contribution in [2.24, 2.45) is 0 Å². The van der Waals surface area contributed by atoms with Crippen LogP contribution < -0.4 is 5.32 Å². The van der Waals surface area contributed by atoms with Crippen molar-refractivity contribution in [2.75, 3.05) is 26.7 Å². The SMILES string of the molecule is CN1CC=C(CNC(=O)c2ccc(-c3cccc4cccnc34)cc2)CC1. The van der Waals surface area contributed by atoms with E-state index in [1.807, 2.05) is 42.6 Å². The zero-order valence-corrected chi connectivity index (χ0v) is 15.5. The first kappa shape index (κ1) is 17.4. The molecule has 0 bridgehead atoms. The summed E-state index contributed by atoms with van der Waals surface area (Å²) in [6, 6.07) is 17.9. The maximum atomic E-state index is 12.5. The molecular formula is C23H23N3O. The van der Waals surface area contributed by atoms with Crippen molar-refractivity contribution in [2.45, 2.75) is 6.42 Å². The molecule has 136 valence electrons. The Kier molecular flexibility index (Phi) is 4.99. The normalized spacial score (nSPS) is 14.8. The molecule has 0 radical (unpaired) electrons. The van der Waals surface area contributed by atoms with Crippen molar-refractivity contribution >= 4 is 16.8 Å². The van der Waals surface area contributed by atoms with E-state index in [4.69, 9.17) is 0 Å². The number of rotatable bonds is 4. The van der Waals surface area contributed by atoms with Gasteiger partial charge in [-0.25, -0.2) is 0 Å². The van der Waals surface area contributed by atoms with E-state index in [1.54, 1.807) is 0 Å². The summed E-state index contributed by atoms with van der Waals surface area (Å²) in [4.78, 5) is 19.2. The summed E-state index contributed by atoms with van der Waals surface area (Å²) in [6.07, 6.45) is 5.04. The number of benzene rings is 2. The second kappa shape index (κ2) is 7.72. The summed E-state index contributed by atoms with van der Waals surface area (Å²) < 4.78 is 0. The molecule has 1 N–H and O–H groups in total. The zero-order valence-electron chi connectivity index (χ0n) is 15.5.